The summed E-state index contributed by atoms with van der Waals surface area (Å²) in [5, 5.41) is 23.5. The first-order chi connectivity index (χ1) is 15.9. The van der Waals surface area contributed by atoms with Crippen molar-refractivity contribution < 1.29 is 19.8 Å². The summed E-state index contributed by atoms with van der Waals surface area (Å²) in [6.45, 7) is 0.692. The molecule has 33 heavy (non-hydrogen) atoms. The number of amides is 2. The Bertz CT molecular complexity index is 827. The van der Waals surface area contributed by atoms with E-state index in [4.69, 9.17) is 5.73 Å². The van der Waals surface area contributed by atoms with Crippen molar-refractivity contribution in [3.05, 3.63) is 35.4 Å². The summed E-state index contributed by atoms with van der Waals surface area (Å²) in [7, 11) is 0. The van der Waals surface area contributed by atoms with E-state index in [1.54, 1.807) is 6.07 Å². The van der Waals surface area contributed by atoms with Gasteiger partial charge in [0.2, 0.25) is 5.91 Å². The summed E-state index contributed by atoms with van der Waals surface area (Å²) in [4.78, 5) is 26.8. The second-order valence-corrected chi connectivity index (χ2v) is 10.4. The van der Waals surface area contributed by atoms with Crippen LogP contribution in [-0.2, 0) is 4.79 Å². The van der Waals surface area contributed by atoms with Crippen LogP contribution in [0.15, 0.2) is 24.3 Å². The Morgan fingerprint density at radius 2 is 1.79 bits per heavy atom. The zero-order chi connectivity index (χ0) is 23.4. The van der Waals surface area contributed by atoms with Gasteiger partial charge in [-0.05, 0) is 61.6 Å². The number of carbonyl (C=O) groups is 2. The largest absolute Gasteiger partial charge is 0.393 e. The number of piperidine rings is 1. The van der Waals surface area contributed by atoms with Gasteiger partial charge in [0.15, 0.2) is 5.60 Å². The molecule has 1 aromatic carbocycles. The number of nitrogens with one attached hydrogen (secondary N) is 1. The maximum atomic E-state index is 12.7. The molecule has 3 aliphatic rings. The van der Waals surface area contributed by atoms with Crippen LogP contribution in [0.5, 0.6) is 0 Å². The summed E-state index contributed by atoms with van der Waals surface area (Å²) < 4.78 is 0. The quantitative estimate of drug-likeness (QED) is 0.454. The predicted octanol–water partition coefficient (Wildman–Crippen LogP) is 2.31. The van der Waals surface area contributed by atoms with Crippen molar-refractivity contribution in [1.29, 1.82) is 0 Å². The third kappa shape index (κ3) is 5.58. The van der Waals surface area contributed by atoms with Crippen LogP contribution in [0.2, 0.25) is 0 Å². The van der Waals surface area contributed by atoms with Gasteiger partial charge < -0.3 is 21.3 Å². The molecular weight excluding hydrogens is 418 g/mol. The van der Waals surface area contributed by atoms with Crippen molar-refractivity contribution >= 4 is 11.8 Å². The fourth-order valence-corrected chi connectivity index (χ4v) is 6.42. The van der Waals surface area contributed by atoms with Gasteiger partial charge in [0, 0.05) is 30.7 Å². The van der Waals surface area contributed by atoms with Gasteiger partial charge in [-0.1, -0.05) is 44.2 Å². The van der Waals surface area contributed by atoms with Gasteiger partial charge in [-0.2, -0.15) is 0 Å². The molecule has 3 atom stereocenters. The lowest BCUT2D eigenvalue weighted by molar-refractivity contribution is -0.146. The van der Waals surface area contributed by atoms with E-state index in [0.717, 1.165) is 57.9 Å². The number of rotatable bonds is 9. The number of aliphatic hydroxyl groups excluding tert-OH is 1. The number of benzene rings is 1. The van der Waals surface area contributed by atoms with Gasteiger partial charge in [-0.3, -0.25) is 14.5 Å². The number of hydrogen-bond donors (Lipinski definition) is 4. The third-order valence-electron chi connectivity index (χ3n) is 8.22. The summed E-state index contributed by atoms with van der Waals surface area (Å²) in [6, 6.07) is 8.62. The predicted molar refractivity (Wildman–Crippen MR) is 127 cm³/mol. The molecule has 1 aliphatic carbocycles. The molecule has 5 N–H and O–H groups in total. The van der Waals surface area contributed by atoms with Crippen LogP contribution in [0.25, 0.3) is 0 Å². The first-order valence-corrected chi connectivity index (χ1v) is 12.7. The van der Waals surface area contributed by atoms with Crippen molar-refractivity contribution in [2.45, 2.75) is 87.8 Å². The standard InChI is InChI=1S/C26H39N3O4/c27-24(31)20-8-4-7-19(13-20)21-14-22-9-10-23(15-21)29(22)12-11-28-25(32)26(33,17-30)16-18-5-2-1-3-6-18/h4,7-8,13,18,21-23,30,33H,1-3,5-6,9-12,14-17H2,(H2,27,31)(H,28,32)/t21?,22?,23?,26-/m0/s1. The van der Waals surface area contributed by atoms with E-state index in [1.165, 1.54) is 12.0 Å². The molecule has 2 saturated heterocycles. The average molecular weight is 458 g/mol. The summed E-state index contributed by atoms with van der Waals surface area (Å²) in [5.41, 5.74) is 5.53. The van der Waals surface area contributed by atoms with Gasteiger partial charge in [-0.15, -0.1) is 0 Å². The Morgan fingerprint density at radius 3 is 2.42 bits per heavy atom. The lowest BCUT2D eigenvalue weighted by atomic mass is 9.80. The molecule has 7 heteroatoms. The highest BCUT2D eigenvalue weighted by molar-refractivity contribution is 5.92. The number of nitrogens with zero attached hydrogens (tertiary/aromatic N) is 1. The van der Waals surface area contributed by atoms with Crippen molar-refractivity contribution in [2.75, 3.05) is 19.7 Å². The van der Waals surface area contributed by atoms with Crippen molar-refractivity contribution in [2.24, 2.45) is 11.7 Å². The zero-order valence-electron chi connectivity index (χ0n) is 19.5. The van der Waals surface area contributed by atoms with Crippen LogP contribution in [0, 0.1) is 5.92 Å². The molecular formula is C26H39N3O4. The number of primary amides is 1. The molecule has 182 valence electrons. The molecule has 4 rings (SSSR count). The molecule has 2 heterocycles. The molecule has 0 spiro atoms. The van der Waals surface area contributed by atoms with Gasteiger partial charge in [0.05, 0.1) is 6.61 Å². The molecule has 2 amide bonds. The topological polar surface area (TPSA) is 116 Å². The Balaban J connectivity index is 1.28. The summed E-state index contributed by atoms with van der Waals surface area (Å²) in [5.74, 6) is -0.104. The fourth-order valence-electron chi connectivity index (χ4n) is 6.42. The minimum atomic E-state index is -1.68. The van der Waals surface area contributed by atoms with Crippen LogP contribution in [-0.4, -0.2) is 64.3 Å². The minimum absolute atomic E-state index is 0.310. The van der Waals surface area contributed by atoms with E-state index >= 15 is 0 Å². The minimum Gasteiger partial charge on any atom is -0.393 e. The van der Waals surface area contributed by atoms with E-state index in [2.05, 4.69) is 16.3 Å². The van der Waals surface area contributed by atoms with Gasteiger partial charge >= 0.3 is 0 Å². The molecule has 1 saturated carbocycles. The maximum Gasteiger partial charge on any atom is 0.254 e. The van der Waals surface area contributed by atoms with E-state index in [1.807, 2.05) is 12.1 Å². The lowest BCUT2D eigenvalue weighted by Gasteiger charge is -2.39. The Morgan fingerprint density at radius 1 is 1.09 bits per heavy atom. The molecule has 7 nitrogen and oxygen atoms in total. The number of carbonyl (C=O) groups excluding carboxylic acids is 2. The highest BCUT2D eigenvalue weighted by Gasteiger charge is 2.41. The van der Waals surface area contributed by atoms with Crippen LogP contribution in [0.4, 0.5) is 0 Å². The van der Waals surface area contributed by atoms with E-state index in [0.29, 0.717) is 42.4 Å². The van der Waals surface area contributed by atoms with E-state index in [-0.39, 0.29) is 5.91 Å². The third-order valence-corrected chi connectivity index (χ3v) is 8.22. The first kappa shape index (κ1) is 24.2. The van der Waals surface area contributed by atoms with Gasteiger partial charge in [0.1, 0.15) is 0 Å². The number of aliphatic hydroxyl groups is 2. The van der Waals surface area contributed by atoms with Gasteiger partial charge in [-0.25, -0.2) is 0 Å². The van der Waals surface area contributed by atoms with Crippen molar-refractivity contribution in [3.63, 3.8) is 0 Å². The second kappa shape index (κ2) is 10.5. The molecule has 3 fully saturated rings. The number of nitrogens with two attached hydrogens (primary N) is 1. The number of fused-ring (bicyclic) bond motifs is 2. The first-order valence-electron chi connectivity index (χ1n) is 12.7. The lowest BCUT2D eigenvalue weighted by Crippen LogP contribution is -2.53. The zero-order valence-corrected chi connectivity index (χ0v) is 19.5. The van der Waals surface area contributed by atoms with Gasteiger partial charge in [0.25, 0.3) is 5.91 Å². The monoisotopic (exact) mass is 457 g/mol. The normalized spacial score (nSPS) is 27.8. The maximum absolute atomic E-state index is 12.7. The highest BCUT2D eigenvalue weighted by Crippen LogP contribution is 2.43. The molecule has 0 aromatic heterocycles. The number of hydrogen-bond acceptors (Lipinski definition) is 5. The van der Waals surface area contributed by atoms with E-state index < -0.39 is 18.1 Å². The molecule has 1 aromatic rings. The smallest absolute Gasteiger partial charge is 0.254 e. The summed E-state index contributed by atoms with van der Waals surface area (Å²) in [6.07, 6.45) is 10.3. The van der Waals surface area contributed by atoms with Crippen LogP contribution in [0.3, 0.4) is 0 Å². The molecule has 0 radical (unpaired) electrons. The SMILES string of the molecule is NC(=O)c1cccc(C2CC3CCC(C2)N3CCNC(=O)[C@@](O)(CO)CC2CCCCC2)c1. The Kier molecular flexibility index (Phi) is 7.72. The van der Waals surface area contributed by atoms with Crippen molar-refractivity contribution in [1.82, 2.24) is 10.2 Å². The fraction of sp³-hybridized carbons (Fsp3) is 0.692. The second-order valence-electron chi connectivity index (χ2n) is 10.4. The van der Waals surface area contributed by atoms with Crippen molar-refractivity contribution in [3.8, 4) is 0 Å². The summed E-state index contributed by atoms with van der Waals surface area (Å²) >= 11 is 0. The highest BCUT2D eigenvalue weighted by atomic mass is 16.3. The Hall–Kier alpha value is -1.96. The van der Waals surface area contributed by atoms with Crippen LogP contribution < -0.4 is 11.1 Å². The Labute approximate surface area is 196 Å². The molecule has 2 aliphatic heterocycles. The molecule has 2 bridgehead atoms. The average Bonchev–Trinajstić information content (AvgIpc) is 3.06. The van der Waals surface area contributed by atoms with Crippen LogP contribution >= 0.6 is 0 Å². The van der Waals surface area contributed by atoms with Crippen LogP contribution in [0.1, 0.15) is 86.0 Å². The van der Waals surface area contributed by atoms with E-state index in [9.17, 15) is 19.8 Å². The molecule has 2 unspecified atom stereocenters.